The molecule has 0 saturated carbocycles. The van der Waals surface area contributed by atoms with Crippen molar-refractivity contribution in [1.82, 2.24) is 10.9 Å². The lowest BCUT2D eigenvalue weighted by Gasteiger charge is -2.00. The molecule has 0 bridgehead atoms. The lowest BCUT2D eigenvalue weighted by atomic mass is 10.3. The summed E-state index contributed by atoms with van der Waals surface area (Å²) < 4.78 is 0. The smallest absolute Gasteiger partial charge is 0.194 e. The van der Waals surface area contributed by atoms with Crippen molar-refractivity contribution in [2.45, 2.75) is 0 Å². The highest BCUT2D eigenvalue weighted by molar-refractivity contribution is 7.80. The van der Waals surface area contributed by atoms with Crippen LogP contribution in [0.3, 0.4) is 0 Å². The Morgan fingerprint density at radius 1 is 1.00 bits per heavy atom. The van der Waals surface area contributed by atoms with Crippen LogP contribution in [-0.4, -0.2) is 10.2 Å². The average Bonchev–Trinajstić information content (AvgIpc) is 2.29. The number of rotatable bonds is 1. The fourth-order valence-corrected chi connectivity index (χ4v) is 0.823. The molecule has 6 nitrogen and oxygen atoms in total. The molecule has 0 amide bonds. The van der Waals surface area contributed by atoms with Gasteiger partial charge in [0.1, 0.15) is 0 Å². The second kappa shape index (κ2) is 8.80. The largest absolute Gasteiger partial charge is 0.376 e. The zero-order chi connectivity index (χ0) is 12.4. The van der Waals surface area contributed by atoms with E-state index in [-0.39, 0.29) is 5.11 Å². The maximum Gasteiger partial charge on any atom is 0.194 e. The summed E-state index contributed by atoms with van der Waals surface area (Å²) >= 11 is 9.03. The van der Waals surface area contributed by atoms with Gasteiger partial charge in [0.05, 0.1) is 0 Å². The summed E-state index contributed by atoms with van der Waals surface area (Å²) in [5.74, 6) is 9.50. The van der Waals surface area contributed by atoms with Gasteiger partial charge in [-0.1, -0.05) is 18.2 Å². The first-order valence-electron chi connectivity index (χ1n) is 4.18. The van der Waals surface area contributed by atoms with Gasteiger partial charge in [-0.15, -0.1) is 0 Å². The number of nitrogens with two attached hydrogens (primary N) is 3. The van der Waals surface area contributed by atoms with Crippen LogP contribution >= 0.6 is 24.4 Å². The fraction of sp³-hybridized carbons (Fsp3) is 0. The third kappa shape index (κ3) is 7.88. The molecular weight excluding hydrogens is 244 g/mol. The van der Waals surface area contributed by atoms with Crippen LogP contribution in [0, 0.1) is 0 Å². The summed E-state index contributed by atoms with van der Waals surface area (Å²) in [6, 6.07) is 9.57. The van der Waals surface area contributed by atoms with Crippen LogP contribution < -0.4 is 33.6 Å². The number of hydrogen-bond acceptors (Lipinski definition) is 4. The molecule has 0 heterocycles. The van der Waals surface area contributed by atoms with Crippen molar-refractivity contribution in [2.24, 2.45) is 17.4 Å². The molecule has 88 valence electrons. The van der Waals surface area contributed by atoms with Crippen LogP contribution in [0.4, 0.5) is 5.69 Å². The molecule has 1 aromatic rings. The Balaban J connectivity index is 0.000000325. The number of anilines is 1. The van der Waals surface area contributed by atoms with E-state index in [4.69, 9.17) is 17.4 Å². The van der Waals surface area contributed by atoms with E-state index in [1.165, 1.54) is 0 Å². The van der Waals surface area contributed by atoms with E-state index in [1.54, 1.807) is 0 Å². The van der Waals surface area contributed by atoms with Crippen LogP contribution in [0.2, 0.25) is 0 Å². The first-order valence-corrected chi connectivity index (χ1v) is 5.00. The van der Waals surface area contributed by atoms with E-state index < -0.39 is 0 Å². The summed E-state index contributed by atoms with van der Waals surface area (Å²) in [4.78, 5) is 0. The van der Waals surface area contributed by atoms with E-state index in [0.717, 1.165) is 5.69 Å². The summed E-state index contributed by atoms with van der Waals surface area (Å²) in [6.45, 7) is 0. The van der Waals surface area contributed by atoms with Gasteiger partial charge in [-0.2, -0.15) is 0 Å². The minimum Gasteiger partial charge on any atom is -0.376 e. The quantitative estimate of drug-likeness (QED) is 0.228. The van der Waals surface area contributed by atoms with E-state index in [9.17, 15) is 0 Å². The Morgan fingerprint density at radius 3 is 1.81 bits per heavy atom. The standard InChI is InChI=1S/C7H8N2S.CH6N4S/c8-7(10)9-6-4-2-1-3-5-6;2-4-1(6)5-3/h1-5H,(H3,8,9,10);2-3H2,(H2,4,5,6). The maximum absolute atomic E-state index is 5.24. The van der Waals surface area contributed by atoms with E-state index in [0.29, 0.717) is 5.11 Å². The van der Waals surface area contributed by atoms with Crippen molar-refractivity contribution in [3.05, 3.63) is 30.3 Å². The van der Waals surface area contributed by atoms with Crippen molar-refractivity contribution >= 4 is 40.3 Å². The molecule has 16 heavy (non-hydrogen) atoms. The van der Waals surface area contributed by atoms with Crippen LogP contribution in [0.15, 0.2) is 30.3 Å². The highest BCUT2D eigenvalue weighted by Crippen LogP contribution is 2.03. The fourth-order valence-electron chi connectivity index (χ4n) is 0.705. The highest BCUT2D eigenvalue weighted by Gasteiger charge is 1.87. The zero-order valence-corrected chi connectivity index (χ0v) is 10.1. The van der Waals surface area contributed by atoms with Gasteiger partial charge < -0.3 is 11.1 Å². The second-order valence-electron chi connectivity index (χ2n) is 2.47. The van der Waals surface area contributed by atoms with Gasteiger partial charge in [0, 0.05) is 5.69 Å². The normalized spacial score (nSPS) is 8.12. The molecule has 0 spiro atoms. The Morgan fingerprint density at radius 2 is 1.50 bits per heavy atom. The summed E-state index contributed by atoms with van der Waals surface area (Å²) in [7, 11) is 0. The van der Waals surface area contributed by atoms with Gasteiger partial charge in [-0.25, -0.2) is 11.7 Å². The van der Waals surface area contributed by atoms with Crippen LogP contribution in [0.1, 0.15) is 0 Å². The third-order valence-electron chi connectivity index (χ3n) is 1.30. The predicted molar refractivity (Wildman–Crippen MR) is 74.1 cm³/mol. The van der Waals surface area contributed by atoms with Crippen LogP contribution in [-0.2, 0) is 0 Å². The van der Waals surface area contributed by atoms with Crippen molar-refractivity contribution in [2.75, 3.05) is 5.32 Å². The minimum atomic E-state index is 0.231. The third-order valence-corrected chi connectivity index (χ3v) is 1.64. The number of thiocarbonyl (C=S) groups is 2. The second-order valence-corrected chi connectivity index (χ2v) is 3.32. The van der Waals surface area contributed by atoms with Gasteiger partial charge >= 0.3 is 0 Å². The van der Waals surface area contributed by atoms with Gasteiger partial charge in [0.25, 0.3) is 0 Å². The monoisotopic (exact) mass is 258 g/mol. The molecule has 0 atom stereocenters. The molecule has 0 fully saturated rings. The Kier molecular flexibility index (Phi) is 7.98. The molecule has 0 unspecified atom stereocenters. The van der Waals surface area contributed by atoms with E-state index >= 15 is 0 Å². The average molecular weight is 258 g/mol. The molecule has 1 aromatic carbocycles. The van der Waals surface area contributed by atoms with Crippen LogP contribution in [0.5, 0.6) is 0 Å². The highest BCUT2D eigenvalue weighted by atomic mass is 32.1. The van der Waals surface area contributed by atoms with Crippen molar-refractivity contribution < 1.29 is 0 Å². The lowest BCUT2D eigenvalue weighted by Crippen LogP contribution is -2.43. The maximum atomic E-state index is 5.24. The van der Waals surface area contributed by atoms with Gasteiger partial charge in [-0.05, 0) is 36.6 Å². The number of benzene rings is 1. The van der Waals surface area contributed by atoms with Gasteiger partial charge in [-0.3, -0.25) is 10.9 Å². The summed E-state index contributed by atoms with van der Waals surface area (Å²) in [6.07, 6.45) is 0. The van der Waals surface area contributed by atoms with E-state index in [2.05, 4.69) is 40.6 Å². The molecule has 0 radical (unpaired) electrons. The molecule has 9 N–H and O–H groups in total. The Hall–Kier alpha value is -1.48. The molecule has 0 aliphatic heterocycles. The molecule has 8 heteroatoms. The molecule has 0 saturated heterocycles. The molecule has 0 aliphatic rings. The molecule has 1 rings (SSSR count). The molecular formula is C8H14N6S2. The Bertz CT molecular complexity index is 323. The topological polar surface area (TPSA) is 114 Å². The molecule has 0 aliphatic carbocycles. The van der Waals surface area contributed by atoms with Crippen molar-refractivity contribution in [3.63, 3.8) is 0 Å². The van der Waals surface area contributed by atoms with Crippen molar-refractivity contribution in [1.29, 1.82) is 0 Å². The zero-order valence-electron chi connectivity index (χ0n) is 8.44. The summed E-state index contributed by atoms with van der Waals surface area (Å²) in [5, 5.41) is 3.34. The predicted octanol–water partition coefficient (Wildman–Crippen LogP) is -0.460. The lowest BCUT2D eigenvalue weighted by molar-refractivity contribution is 0.926. The van der Waals surface area contributed by atoms with Gasteiger partial charge in [0.15, 0.2) is 10.2 Å². The number of nitrogens with one attached hydrogen (secondary N) is 3. The number of hydrazine groups is 2. The number of hydrogen-bond donors (Lipinski definition) is 6. The van der Waals surface area contributed by atoms with Gasteiger partial charge in [0.2, 0.25) is 0 Å². The number of para-hydroxylation sites is 1. The first kappa shape index (κ1) is 14.5. The van der Waals surface area contributed by atoms with E-state index in [1.807, 2.05) is 30.3 Å². The Labute approximate surface area is 104 Å². The molecule has 0 aromatic heterocycles. The van der Waals surface area contributed by atoms with Crippen molar-refractivity contribution in [3.8, 4) is 0 Å². The minimum absolute atomic E-state index is 0.231. The SMILES string of the molecule is NC(=S)Nc1ccccc1.NNC(=S)NN. The van der Waals surface area contributed by atoms with Crippen LogP contribution in [0.25, 0.3) is 0 Å². The first-order chi connectivity index (χ1) is 7.60. The summed E-state index contributed by atoms with van der Waals surface area (Å²) in [5.41, 5.74) is 10.4.